The van der Waals surface area contributed by atoms with Crippen molar-refractivity contribution < 1.29 is 4.39 Å². The molecule has 0 amide bonds. The SMILES string of the molecule is C=C/C=C(\C(C)=C(/C)NC(=C)Cc1cc(C(/C=C(\C=C)NC(=C)C(C)(C)C)=C/C)c(F)cc1N)c1ccc(C(=C)C)s1. The molecule has 1 heterocycles. The third-order valence-corrected chi connectivity index (χ3v) is 8.17. The van der Waals surface area contributed by atoms with Crippen molar-refractivity contribution in [2.75, 3.05) is 5.73 Å². The minimum absolute atomic E-state index is 0.143. The first-order valence-corrected chi connectivity index (χ1v) is 14.7. The molecule has 222 valence electrons. The molecule has 0 unspecified atom stereocenters. The van der Waals surface area contributed by atoms with Gasteiger partial charge < -0.3 is 16.4 Å². The van der Waals surface area contributed by atoms with Gasteiger partial charge in [-0.15, -0.1) is 11.3 Å². The van der Waals surface area contributed by atoms with Crippen LogP contribution in [0.15, 0.2) is 116 Å². The van der Waals surface area contributed by atoms with E-state index in [1.807, 2.05) is 39.0 Å². The summed E-state index contributed by atoms with van der Waals surface area (Å²) in [6, 6.07) is 7.36. The van der Waals surface area contributed by atoms with E-state index in [-0.39, 0.29) is 5.41 Å². The van der Waals surface area contributed by atoms with Crippen molar-refractivity contribution in [3.8, 4) is 0 Å². The monoisotopic (exact) mass is 583 g/mol. The molecule has 2 aromatic rings. The lowest BCUT2D eigenvalue weighted by atomic mass is 9.92. The third-order valence-electron chi connectivity index (χ3n) is 6.89. The number of thiophene rings is 1. The summed E-state index contributed by atoms with van der Waals surface area (Å²) in [5, 5.41) is 6.74. The molecule has 0 atom stereocenters. The molecule has 0 bridgehead atoms. The van der Waals surface area contributed by atoms with E-state index in [1.165, 1.54) is 6.07 Å². The Labute approximate surface area is 256 Å². The molecular weight excluding hydrogens is 537 g/mol. The summed E-state index contributed by atoms with van der Waals surface area (Å²) < 4.78 is 15.2. The van der Waals surface area contributed by atoms with E-state index >= 15 is 4.39 Å². The maximum atomic E-state index is 15.2. The molecule has 0 radical (unpaired) electrons. The van der Waals surface area contributed by atoms with Crippen molar-refractivity contribution >= 4 is 33.7 Å². The highest BCUT2D eigenvalue weighted by Crippen LogP contribution is 2.33. The highest BCUT2D eigenvalue weighted by Gasteiger charge is 2.17. The number of nitrogens with two attached hydrogens (primary N) is 1. The van der Waals surface area contributed by atoms with Gasteiger partial charge in [0.05, 0.1) is 0 Å². The number of anilines is 1. The van der Waals surface area contributed by atoms with Crippen LogP contribution in [0.2, 0.25) is 0 Å². The number of hydrogen-bond acceptors (Lipinski definition) is 4. The van der Waals surface area contributed by atoms with Crippen LogP contribution in [0, 0.1) is 11.2 Å². The van der Waals surface area contributed by atoms with Gasteiger partial charge in [-0.1, -0.05) is 71.9 Å². The minimum atomic E-state index is -0.395. The van der Waals surface area contributed by atoms with Crippen molar-refractivity contribution in [1.29, 1.82) is 0 Å². The molecular formula is C37H46FN3S. The molecule has 42 heavy (non-hydrogen) atoms. The lowest BCUT2D eigenvalue weighted by Gasteiger charge is -2.24. The first kappa shape index (κ1) is 34.1. The fraction of sp³-hybridized carbons (Fsp3) is 0.243. The Balaban J connectivity index is 2.36. The number of rotatable bonds is 13. The van der Waals surface area contributed by atoms with E-state index < -0.39 is 5.82 Å². The molecule has 3 nitrogen and oxygen atoms in total. The van der Waals surface area contributed by atoms with Crippen LogP contribution in [-0.2, 0) is 6.42 Å². The zero-order valence-corrected chi connectivity index (χ0v) is 27.1. The Morgan fingerprint density at radius 1 is 1.02 bits per heavy atom. The Bertz CT molecular complexity index is 1520. The van der Waals surface area contributed by atoms with E-state index in [0.717, 1.165) is 54.8 Å². The smallest absolute Gasteiger partial charge is 0.133 e. The molecule has 1 aromatic carbocycles. The summed E-state index contributed by atoms with van der Waals surface area (Å²) in [6.45, 7) is 34.4. The normalized spacial score (nSPS) is 13.3. The highest BCUT2D eigenvalue weighted by atomic mass is 32.1. The van der Waals surface area contributed by atoms with Crippen molar-refractivity contribution in [3.05, 3.63) is 143 Å². The van der Waals surface area contributed by atoms with Crippen molar-refractivity contribution in [3.63, 3.8) is 0 Å². The predicted octanol–water partition coefficient (Wildman–Crippen LogP) is 10.3. The number of halogens is 1. The molecule has 4 N–H and O–H groups in total. The molecule has 0 saturated carbocycles. The summed E-state index contributed by atoms with van der Waals surface area (Å²) in [5.74, 6) is -0.395. The van der Waals surface area contributed by atoms with Crippen LogP contribution in [0.3, 0.4) is 0 Å². The van der Waals surface area contributed by atoms with E-state index in [9.17, 15) is 0 Å². The van der Waals surface area contributed by atoms with E-state index in [2.05, 4.69) is 83.4 Å². The maximum Gasteiger partial charge on any atom is 0.133 e. The Hall–Kier alpha value is -4.09. The zero-order valence-electron chi connectivity index (χ0n) is 26.3. The van der Waals surface area contributed by atoms with Crippen LogP contribution < -0.4 is 16.4 Å². The standard InChI is InChI=1S/C37H46FN3S/c1-13-16-31(36-18-17-35(42-36)23(4)5)25(7)26(8)40-24(6)19-29-21-32(33(38)22-34(29)39)28(14-2)20-30(15-3)41-27(9)37(10,11)12/h13-18,20-22,40-41H,1,3-4,6,9,19,39H2,2,5,7-8,10-12H3/b26-25+,28-14+,30-20+,31-16+. The van der Waals surface area contributed by atoms with Gasteiger partial charge in [-0.2, -0.15) is 0 Å². The van der Waals surface area contributed by atoms with Crippen molar-refractivity contribution in [1.82, 2.24) is 10.6 Å². The van der Waals surface area contributed by atoms with Crippen LogP contribution in [-0.4, -0.2) is 0 Å². The van der Waals surface area contributed by atoms with E-state index in [4.69, 9.17) is 5.73 Å². The van der Waals surface area contributed by atoms with Gasteiger partial charge in [0, 0.05) is 55.6 Å². The van der Waals surface area contributed by atoms with Crippen LogP contribution >= 0.6 is 11.3 Å². The quantitative estimate of drug-likeness (QED) is 0.162. The Kier molecular flexibility index (Phi) is 11.9. The van der Waals surface area contributed by atoms with Crippen LogP contribution in [0.1, 0.15) is 69.3 Å². The number of benzene rings is 1. The maximum absolute atomic E-state index is 15.2. The van der Waals surface area contributed by atoms with Gasteiger partial charge in [0.15, 0.2) is 0 Å². The van der Waals surface area contributed by atoms with Gasteiger partial charge in [-0.05, 0) is 92.0 Å². The fourth-order valence-corrected chi connectivity index (χ4v) is 5.07. The molecule has 0 aliphatic rings. The number of nitrogen functional groups attached to an aromatic ring is 1. The van der Waals surface area contributed by atoms with Gasteiger partial charge in [-0.3, -0.25) is 0 Å². The fourth-order valence-electron chi connectivity index (χ4n) is 4.06. The van der Waals surface area contributed by atoms with E-state index in [0.29, 0.717) is 23.2 Å². The van der Waals surface area contributed by atoms with Gasteiger partial charge in [0.1, 0.15) is 5.82 Å². The van der Waals surface area contributed by atoms with Crippen molar-refractivity contribution in [2.24, 2.45) is 5.41 Å². The highest BCUT2D eigenvalue weighted by molar-refractivity contribution is 7.14. The average Bonchev–Trinajstić information content (AvgIpc) is 3.40. The molecule has 0 saturated heterocycles. The van der Waals surface area contributed by atoms with Crippen molar-refractivity contribution in [2.45, 2.75) is 54.9 Å². The summed E-state index contributed by atoms with van der Waals surface area (Å²) in [5.41, 5.74) is 14.9. The molecule has 2 rings (SSSR count). The third kappa shape index (κ3) is 8.95. The molecule has 0 spiro atoms. The largest absolute Gasteiger partial charge is 0.398 e. The van der Waals surface area contributed by atoms with Crippen LogP contribution in [0.4, 0.5) is 10.1 Å². The van der Waals surface area contributed by atoms with Gasteiger partial charge in [0.25, 0.3) is 0 Å². The molecule has 0 fully saturated rings. The second kappa shape index (κ2) is 14.7. The molecule has 5 heteroatoms. The topological polar surface area (TPSA) is 50.1 Å². The van der Waals surface area contributed by atoms with Gasteiger partial charge in [0.2, 0.25) is 0 Å². The number of hydrogen-bond donors (Lipinski definition) is 3. The predicted molar refractivity (Wildman–Crippen MR) is 186 cm³/mol. The number of nitrogens with one attached hydrogen (secondary N) is 2. The van der Waals surface area contributed by atoms with E-state index in [1.54, 1.807) is 29.6 Å². The first-order valence-electron chi connectivity index (χ1n) is 13.9. The summed E-state index contributed by atoms with van der Waals surface area (Å²) in [4.78, 5) is 2.28. The summed E-state index contributed by atoms with van der Waals surface area (Å²) >= 11 is 1.70. The number of allylic oxidation sites excluding steroid dienone is 12. The van der Waals surface area contributed by atoms with Gasteiger partial charge >= 0.3 is 0 Å². The Morgan fingerprint density at radius 2 is 1.67 bits per heavy atom. The van der Waals surface area contributed by atoms with Crippen LogP contribution in [0.5, 0.6) is 0 Å². The van der Waals surface area contributed by atoms with Gasteiger partial charge in [-0.25, -0.2) is 4.39 Å². The second-order valence-electron chi connectivity index (χ2n) is 11.3. The minimum Gasteiger partial charge on any atom is -0.398 e. The lowest BCUT2D eigenvalue weighted by Crippen LogP contribution is -2.22. The zero-order chi connectivity index (χ0) is 31.8. The summed E-state index contributed by atoms with van der Waals surface area (Å²) in [6.07, 6.45) is 9.66. The first-order chi connectivity index (χ1) is 19.6. The average molecular weight is 584 g/mol. The van der Waals surface area contributed by atoms with Crippen LogP contribution in [0.25, 0.3) is 16.7 Å². The lowest BCUT2D eigenvalue weighted by molar-refractivity contribution is 0.478. The second-order valence-corrected chi connectivity index (χ2v) is 12.4. The molecule has 0 aliphatic heterocycles. The molecule has 1 aromatic heterocycles. The molecule has 0 aliphatic carbocycles. The Morgan fingerprint density at radius 3 is 2.19 bits per heavy atom. The summed E-state index contributed by atoms with van der Waals surface area (Å²) in [7, 11) is 0.